The van der Waals surface area contributed by atoms with Gasteiger partial charge in [-0.15, -0.1) is 0 Å². The van der Waals surface area contributed by atoms with E-state index in [1.807, 2.05) is 48.5 Å². The van der Waals surface area contributed by atoms with E-state index in [2.05, 4.69) is 10.3 Å². The Bertz CT molecular complexity index is 1060. The van der Waals surface area contributed by atoms with E-state index < -0.39 is 0 Å². The molecule has 4 heteroatoms. The molecule has 26 heavy (non-hydrogen) atoms. The van der Waals surface area contributed by atoms with Crippen LogP contribution in [0.1, 0.15) is 26.4 Å². The molecule has 4 rings (SSSR count). The highest BCUT2D eigenvalue weighted by Crippen LogP contribution is 2.18. The lowest BCUT2D eigenvalue weighted by atomic mass is 10.0. The minimum absolute atomic E-state index is 0.0766. The number of H-pyrrole nitrogens is 1. The number of aromatic amines is 1. The molecule has 0 unspecified atom stereocenters. The average Bonchev–Trinajstić information content (AvgIpc) is 3.13. The van der Waals surface area contributed by atoms with Crippen molar-refractivity contribution in [2.24, 2.45) is 0 Å². The molecular weight excluding hydrogens is 324 g/mol. The molecule has 0 aliphatic rings. The maximum Gasteiger partial charge on any atom is 0.272 e. The number of para-hydroxylation sites is 1. The molecule has 2 N–H and O–H groups in total. The van der Waals surface area contributed by atoms with E-state index in [4.69, 9.17) is 0 Å². The van der Waals surface area contributed by atoms with Crippen LogP contribution in [-0.2, 0) is 0 Å². The fourth-order valence-corrected chi connectivity index (χ4v) is 2.89. The quantitative estimate of drug-likeness (QED) is 0.531. The summed E-state index contributed by atoms with van der Waals surface area (Å²) in [5.41, 5.74) is 3.12. The van der Waals surface area contributed by atoms with Gasteiger partial charge in [-0.1, -0.05) is 60.7 Å². The van der Waals surface area contributed by atoms with Crippen molar-refractivity contribution in [1.82, 2.24) is 4.98 Å². The van der Waals surface area contributed by atoms with E-state index in [-0.39, 0.29) is 11.7 Å². The minimum atomic E-state index is -0.245. The van der Waals surface area contributed by atoms with Crippen LogP contribution >= 0.6 is 0 Å². The fraction of sp³-hybridized carbons (Fsp3) is 0. The highest BCUT2D eigenvalue weighted by atomic mass is 16.2. The molecule has 0 saturated carbocycles. The molecule has 0 spiro atoms. The number of aromatic nitrogens is 1. The Hall–Kier alpha value is -3.66. The largest absolute Gasteiger partial charge is 0.351 e. The van der Waals surface area contributed by atoms with Crippen molar-refractivity contribution < 1.29 is 9.59 Å². The van der Waals surface area contributed by atoms with Gasteiger partial charge in [-0.3, -0.25) is 9.59 Å². The molecule has 1 heterocycles. The number of anilines is 1. The Morgan fingerprint density at radius 1 is 0.731 bits per heavy atom. The maximum absolute atomic E-state index is 12.6. The first-order valence-corrected chi connectivity index (χ1v) is 8.29. The van der Waals surface area contributed by atoms with Gasteiger partial charge < -0.3 is 10.3 Å². The van der Waals surface area contributed by atoms with Crippen LogP contribution in [-0.4, -0.2) is 16.7 Å². The van der Waals surface area contributed by atoms with Gasteiger partial charge in [-0.2, -0.15) is 0 Å². The van der Waals surface area contributed by atoms with Gasteiger partial charge in [0, 0.05) is 27.7 Å². The van der Waals surface area contributed by atoms with Crippen LogP contribution in [0.3, 0.4) is 0 Å². The topological polar surface area (TPSA) is 62.0 Å². The summed E-state index contributed by atoms with van der Waals surface area (Å²) < 4.78 is 0. The number of rotatable bonds is 4. The van der Waals surface area contributed by atoms with E-state index in [0.717, 1.165) is 10.9 Å². The number of hydrogen-bond acceptors (Lipinski definition) is 2. The van der Waals surface area contributed by atoms with Crippen molar-refractivity contribution in [3.8, 4) is 0 Å². The summed E-state index contributed by atoms with van der Waals surface area (Å²) in [7, 11) is 0. The van der Waals surface area contributed by atoms with E-state index in [9.17, 15) is 9.59 Å². The third-order valence-corrected chi connectivity index (χ3v) is 4.19. The summed E-state index contributed by atoms with van der Waals surface area (Å²) in [6.45, 7) is 0. The molecule has 0 fully saturated rings. The summed E-state index contributed by atoms with van der Waals surface area (Å²) in [5, 5.41) is 3.82. The molecule has 0 saturated heterocycles. The standard InChI is InChI=1S/C22H16N2O2/c25-21(15-7-2-1-3-8-15)17-10-6-11-18(13-17)23-22(26)20-14-16-9-4-5-12-19(16)24-20/h1-14,24H,(H,23,26). The molecule has 4 nitrogen and oxygen atoms in total. The normalized spacial score (nSPS) is 10.6. The Kier molecular flexibility index (Phi) is 4.07. The van der Waals surface area contributed by atoms with Crippen LogP contribution in [0, 0.1) is 0 Å². The van der Waals surface area contributed by atoms with Gasteiger partial charge in [0.2, 0.25) is 0 Å². The molecule has 0 radical (unpaired) electrons. The number of carbonyl (C=O) groups excluding carboxylic acids is 2. The number of nitrogens with one attached hydrogen (secondary N) is 2. The monoisotopic (exact) mass is 340 g/mol. The van der Waals surface area contributed by atoms with Crippen molar-refractivity contribution in [3.63, 3.8) is 0 Å². The SMILES string of the molecule is O=C(c1ccccc1)c1cccc(NC(=O)c2cc3ccccc3[nH]2)c1. The average molecular weight is 340 g/mol. The first-order valence-electron chi connectivity index (χ1n) is 8.29. The second kappa shape index (κ2) is 6.69. The lowest BCUT2D eigenvalue weighted by Crippen LogP contribution is -2.12. The molecular formula is C22H16N2O2. The first-order chi connectivity index (χ1) is 12.7. The van der Waals surface area contributed by atoms with Crippen LogP contribution in [0.4, 0.5) is 5.69 Å². The minimum Gasteiger partial charge on any atom is -0.351 e. The van der Waals surface area contributed by atoms with Crippen molar-refractivity contribution in [2.75, 3.05) is 5.32 Å². The first kappa shape index (κ1) is 15.8. The van der Waals surface area contributed by atoms with E-state index >= 15 is 0 Å². The van der Waals surface area contributed by atoms with Crippen LogP contribution in [0.5, 0.6) is 0 Å². The number of fused-ring (bicyclic) bond motifs is 1. The number of benzene rings is 3. The summed E-state index contributed by atoms with van der Waals surface area (Å²) in [4.78, 5) is 28.2. The third-order valence-electron chi connectivity index (χ3n) is 4.19. The van der Waals surface area contributed by atoms with Gasteiger partial charge in [0.15, 0.2) is 5.78 Å². The molecule has 0 bridgehead atoms. The maximum atomic E-state index is 12.6. The van der Waals surface area contributed by atoms with Crippen molar-refractivity contribution in [1.29, 1.82) is 0 Å². The summed E-state index contributed by atoms with van der Waals surface area (Å²) in [5.74, 6) is -0.321. The predicted molar refractivity (Wildman–Crippen MR) is 103 cm³/mol. The van der Waals surface area contributed by atoms with Crippen LogP contribution in [0.2, 0.25) is 0 Å². The molecule has 0 aliphatic heterocycles. The number of hydrogen-bond donors (Lipinski definition) is 2. The molecule has 126 valence electrons. The number of carbonyl (C=O) groups is 2. The smallest absolute Gasteiger partial charge is 0.272 e. The zero-order chi connectivity index (χ0) is 17.9. The lowest BCUT2D eigenvalue weighted by Gasteiger charge is -2.06. The van der Waals surface area contributed by atoms with E-state index in [1.54, 1.807) is 36.4 Å². The number of amides is 1. The highest BCUT2D eigenvalue weighted by molar-refractivity contribution is 6.10. The number of ketones is 1. The molecule has 1 aromatic heterocycles. The highest BCUT2D eigenvalue weighted by Gasteiger charge is 2.12. The Labute approximate surface area is 150 Å². The molecule has 4 aromatic rings. The molecule has 0 atom stereocenters. The Morgan fingerprint density at radius 3 is 2.27 bits per heavy atom. The fourth-order valence-electron chi connectivity index (χ4n) is 2.89. The second-order valence-electron chi connectivity index (χ2n) is 6.00. The van der Waals surface area contributed by atoms with Gasteiger partial charge in [-0.05, 0) is 24.3 Å². The summed E-state index contributed by atoms with van der Waals surface area (Å²) >= 11 is 0. The third kappa shape index (κ3) is 3.13. The van der Waals surface area contributed by atoms with Crippen molar-refractivity contribution >= 4 is 28.3 Å². The molecule has 3 aromatic carbocycles. The second-order valence-corrected chi connectivity index (χ2v) is 6.00. The van der Waals surface area contributed by atoms with Crippen molar-refractivity contribution in [2.45, 2.75) is 0 Å². The van der Waals surface area contributed by atoms with Crippen LogP contribution in [0.15, 0.2) is 84.9 Å². The van der Waals surface area contributed by atoms with E-state index in [1.165, 1.54) is 0 Å². The predicted octanol–water partition coefficient (Wildman–Crippen LogP) is 4.65. The van der Waals surface area contributed by atoms with Gasteiger partial charge in [0.05, 0.1) is 0 Å². The zero-order valence-corrected chi connectivity index (χ0v) is 13.9. The molecule has 0 aliphatic carbocycles. The van der Waals surface area contributed by atoms with Gasteiger partial charge in [-0.25, -0.2) is 0 Å². The van der Waals surface area contributed by atoms with Crippen LogP contribution in [0.25, 0.3) is 10.9 Å². The van der Waals surface area contributed by atoms with Gasteiger partial charge in [0.25, 0.3) is 5.91 Å². The Balaban J connectivity index is 1.57. The Morgan fingerprint density at radius 2 is 1.46 bits per heavy atom. The zero-order valence-electron chi connectivity index (χ0n) is 13.9. The summed E-state index contributed by atoms with van der Waals surface area (Å²) in [6, 6.07) is 25.6. The van der Waals surface area contributed by atoms with Crippen molar-refractivity contribution in [3.05, 3.63) is 102 Å². The summed E-state index contributed by atoms with van der Waals surface area (Å²) in [6.07, 6.45) is 0. The van der Waals surface area contributed by atoms with Crippen LogP contribution < -0.4 is 5.32 Å². The lowest BCUT2D eigenvalue weighted by molar-refractivity contribution is 0.101. The van der Waals surface area contributed by atoms with Gasteiger partial charge >= 0.3 is 0 Å². The molecule has 1 amide bonds. The van der Waals surface area contributed by atoms with E-state index in [0.29, 0.717) is 22.5 Å². The van der Waals surface area contributed by atoms with Gasteiger partial charge in [0.1, 0.15) is 5.69 Å².